The third-order valence-electron chi connectivity index (χ3n) is 2.05. The van der Waals surface area contributed by atoms with Crippen molar-refractivity contribution in [3.05, 3.63) is 28.0 Å². The second-order valence-electron chi connectivity index (χ2n) is 3.50. The average Bonchev–Trinajstić information content (AvgIpc) is 2.84. The van der Waals surface area contributed by atoms with Crippen molar-refractivity contribution in [3.63, 3.8) is 0 Å². The second-order valence-corrected chi connectivity index (χ2v) is 4.52. The molecule has 0 N–H and O–H groups in total. The summed E-state index contributed by atoms with van der Waals surface area (Å²) in [5.74, 6) is -0.245. The fourth-order valence-electron chi connectivity index (χ4n) is 1.33. The van der Waals surface area contributed by atoms with E-state index < -0.39 is 0 Å². The Morgan fingerprint density at radius 2 is 2.31 bits per heavy atom. The maximum absolute atomic E-state index is 12.1. The zero-order valence-electron chi connectivity index (χ0n) is 8.72. The van der Waals surface area contributed by atoms with Crippen LogP contribution in [0, 0.1) is 0 Å². The number of halogens is 1. The summed E-state index contributed by atoms with van der Waals surface area (Å²) in [4.78, 5) is 12.1. The van der Waals surface area contributed by atoms with E-state index in [0.717, 1.165) is 11.5 Å². The summed E-state index contributed by atoms with van der Waals surface area (Å²) >= 11 is 7.08. The fraction of sp³-hybridized carbons (Fsp3) is 0.333. The zero-order chi connectivity index (χ0) is 11.7. The molecule has 0 saturated carbocycles. The zero-order valence-corrected chi connectivity index (χ0v) is 10.3. The van der Waals surface area contributed by atoms with Crippen molar-refractivity contribution in [1.29, 1.82) is 0 Å². The first kappa shape index (κ1) is 11.2. The summed E-state index contributed by atoms with van der Waals surface area (Å²) in [6.45, 7) is 3.86. The quantitative estimate of drug-likeness (QED) is 0.790. The third-order valence-corrected chi connectivity index (χ3v) is 2.83. The highest BCUT2D eigenvalue weighted by atomic mass is 35.5. The molecule has 5 nitrogen and oxygen atoms in total. The summed E-state index contributed by atoms with van der Waals surface area (Å²) < 4.78 is 5.24. The number of rotatable bonds is 3. The van der Waals surface area contributed by atoms with Crippen LogP contribution in [0.15, 0.2) is 11.6 Å². The van der Waals surface area contributed by atoms with Gasteiger partial charge in [-0.2, -0.15) is 5.10 Å². The number of aromatic nitrogens is 4. The molecule has 2 rings (SSSR count). The lowest BCUT2D eigenvalue weighted by Gasteiger charge is -2.09. The van der Waals surface area contributed by atoms with Gasteiger partial charge < -0.3 is 0 Å². The van der Waals surface area contributed by atoms with E-state index in [1.165, 1.54) is 6.20 Å². The molecule has 0 fully saturated rings. The van der Waals surface area contributed by atoms with Gasteiger partial charge >= 0.3 is 0 Å². The fourth-order valence-corrected chi connectivity index (χ4v) is 1.98. The molecule has 0 amide bonds. The summed E-state index contributed by atoms with van der Waals surface area (Å²) in [6, 6.07) is 0.0676. The summed E-state index contributed by atoms with van der Waals surface area (Å²) in [5, 5.41) is 9.73. The van der Waals surface area contributed by atoms with Gasteiger partial charge in [-0.15, -0.1) is 5.10 Å². The molecule has 0 spiro atoms. The molecule has 84 valence electrons. The molecule has 0 radical (unpaired) electrons. The average molecular weight is 257 g/mol. The Labute approximate surface area is 101 Å². The molecule has 0 aliphatic carbocycles. The molecular weight excluding hydrogens is 248 g/mol. The first-order valence-electron chi connectivity index (χ1n) is 4.66. The van der Waals surface area contributed by atoms with Gasteiger partial charge in [0.15, 0.2) is 0 Å². The summed E-state index contributed by atoms with van der Waals surface area (Å²) in [7, 11) is 0. The maximum Gasteiger partial charge on any atom is 0.233 e. The second kappa shape index (κ2) is 4.31. The first-order valence-corrected chi connectivity index (χ1v) is 5.87. The molecule has 0 saturated heterocycles. The molecule has 2 heterocycles. The van der Waals surface area contributed by atoms with E-state index in [2.05, 4.69) is 14.7 Å². The Morgan fingerprint density at radius 3 is 2.88 bits per heavy atom. The molecule has 16 heavy (non-hydrogen) atoms. The molecule has 0 atom stereocenters. The Morgan fingerprint density at radius 1 is 1.56 bits per heavy atom. The van der Waals surface area contributed by atoms with Crippen LogP contribution in [0.5, 0.6) is 0 Å². The van der Waals surface area contributed by atoms with Crippen LogP contribution in [0.2, 0.25) is 5.02 Å². The van der Waals surface area contributed by atoms with Gasteiger partial charge in [0.05, 0.1) is 11.2 Å². The number of carbonyl (C=O) groups is 1. The highest BCUT2D eigenvalue weighted by Gasteiger charge is 2.22. The minimum Gasteiger partial charge on any atom is -0.285 e. The van der Waals surface area contributed by atoms with Crippen LogP contribution in [0.3, 0.4) is 0 Å². The molecule has 0 aliphatic heterocycles. The topological polar surface area (TPSA) is 60.7 Å². The normalized spacial score (nSPS) is 11.0. The predicted molar refractivity (Wildman–Crippen MR) is 61.0 cm³/mol. The van der Waals surface area contributed by atoms with Crippen molar-refractivity contribution in [2.45, 2.75) is 19.9 Å². The van der Waals surface area contributed by atoms with Crippen molar-refractivity contribution in [2.24, 2.45) is 0 Å². The number of nitrogens with zero attached hydrogens (tertiary/aromatic N) is 4. The summed E-state index contributed by atoms with van der Waals surface area (Å²) in [5.41, 5.74) is 0.665. The SMILES string of the molecule is CC(C)n1ncc(Cl)c1C(=O)c1csnn1. The Balaban J connectivity index is 2.48. The molecule has 0 aliphatic rings. The van der Waals surface area contributed by atoms with Gasteiger partial charge in [0, 0.05) is 11.4 Å². The van der Waals surface area contributed by atoms with Crippen LogP contribution in [-0.2, 0) is 0 Å². The van der Waals surface area contributed by atoms with Crippen molar-refractivity contribution in [3.8, 4) is 0 Å². The standard InChI is InChI=1S/C9H9ClN4OS/c1-5(2)14-8(6(10)3-11-14)9(15)7-4-16-13-12-7/h3-5H,1-2H3. The lowest BCUT2D eigenvalue weighted by molar-refractivity contribution is 0.102. The van der Waals surface area contributed by atoms with Gasteiger partial charge in [0.1, 0.15) is 11.4 Å². The van der Waals surface area contributed by atoms with Gasteiger partial charge in [0.2, 0.25) is 5.78 Å². The predicted octanol–water partition coefficient (Wildman–Crippen LogP) is 2.20. The lowest BCUT2D eigenvalue weighted by atomic mass is 10.2. The van der Waals surface area contributed by atoms with E-state index in [1.54, 1.807) is 10.1 Å². The molecular formula is C9H9ClN4OS. The largest absolute Gasteiger partial charge is 0.285 e. The lowest BCUT2D eigenvalue weighted by Crippen LogP contribution is -2.14. The van der Waals surface area contributed by atoms with Gasteiger partial charge in [-0.25, -0.2) is 0 Å². The van der Waals surface area contributed by atoms with E-state index >= 15 is 0 Å². The Kier molecular flexibility index (Phi) is 3.02. The van der Waals surface area contributed by atoms with Crippen LogP contribution in [0.4, 0.5) is 0 Å². The highest BCUT2D eigenvalue weighted by molar-refractivity contribution is 7.03. The number of carbonyl (C=O) groups excluding carboxylic acids is 1. The smallest absolute Gasteiger partial charge is 0.233 e. The minimum absolute atomic E-state index is 0.0676. The van der Waals surface area contributed by atoms with Crippen LogP contribution in [0.1, 0.15) is 36.1 Å². The van der Waals surface area contributed by atoms with Crippen LogP contribution >= 0.6 is 23.1 Å². The minimum atomic E-state index is -0.245. The van der Waals surface area contributed by atoms with Crippen molar-refractivity contribution in [2.75, 3.05) is 0 Å². The number of hydrogen-bond donors (Lipinski definition) is 0. The summed E-state index contributed by atoms with van der Waals surface area (Å²) in [6.07, 6.45) is 1.47. The van der Waals surface area contributed by atoms with E-state index in [0.29, 0.717) is 16.4 Å². The highest BCUT2D eigenvalue weighted by Crippen LogP contribution is 2.21. The van der Waals surface area contributed by atoms with E-state index in [-0.39, 0.29) is 11.8 Å². The van der Waals surface area contributed by atoms with Crippen molar-refractivity contribution >= 4 is 28.9 Å². The molecule has 0 aromatic carbocycles. The van der Waals surface area contributed by atoms with E-state index in [4.69, 9.17) is 11.6 Å². The van der Waals surface area contributed by atoms with E-state index in [9.17, 15) is 4.79 Å². The number of hydrogen-bond acceptors (Lipinski definition) is 5. The molecule has 0 bridgehead atoms. The van der Waals surface area contributed by atoms with Crippen molar-refractivity contribution in [1.82, 2.24) is 19.4 Å². The van der Waals surface area contributed by atoms with Gasteiger partial charge in [-0.3, -0.25) is 9.48 Å². The Hall–Kier alpha value is -1.27. The molecule has 2 aromatic rings. The molecule has 0 unspecified atom stereocenters. The van der Waals surface area contributed by atoms with Gasteiger partial charge in [-0.05, 0) is 25.4 Å². The first-order chi connectivity index (χ1) is 7.61. The van der Waals surface area contributed by atoms with Gasteiger partial charge in [-0.1, -0.05) is 16.1 Å². The monoisotopic (exact) mass is 256 g/mol. The van der Waals surface area contributed by atoms with Crippen LogP contribution in [-0.4, -0.2) is 25.2 Å². The maximum atomic E-state index is 12.1. The van der Waals surface area contributed by atoms with E-state index in [1.807, 2.05) is 13.8 Å². The van der Waals surface area contributed by atoms with Crippen LogP contribution in [0.25, 0.3) is 0 Å². The van der Waals surface area contributed by atoms with Crippen LogP contribution < -0.4 is 0 Å². The number of ketones is 1. The van der Waals surface area contributed by atoms with Crippen molar-refractivity contribution < 1.29 is 4.79 Å². The Bertz CT molecular complexity index is 506. The third kappa shape index (κ3) is 1.85. The molecule has 7 heteroatoms. The van der Waals surface area contributed by atoms with Gasteiger partial charge in [0.25, 0.3) is 0 Å². The molecule has 2 aromatic heterocycles.